The lowest BCUT2D eigenvalue weighted by molar-refractivity contribution is -0.126. The van der Waals surface area contributed by atoms with E-state index in [9.17, 15) is 9.59 Å². The van der Waals surface area contributed by atoms with E-state index in [-0.39, 0.29) is 17.4 Å². The number of hydrogen-bond donors (Lipinski definition) is 1. The first-order valence-electron chi connectivity index (χ1n) is 8.29. The van der Waals surface area contributed by atoms with Gasteiger partial charge in [0.1, 0.15) is 5.15 Å². The number of carbonyl (C=O) groups excluding carboxylic acids is 2. The van der Waals surface area contributed by atoms with Crippen LogP contribution in [-0.4, -0.2) is 26.5 Å². The van der Waals surface area contributed by atoms with E-state index in [0.717, 1.165) is 11.1 Å². The van der Waals surface area contributed by atoms with Gasteiger partial charge in [-0.2, -0.15) is 5.10 Å². The minimum atomic E-state index is -0.317. The van der Waals surface area contributed by atoms with E-state index in [1.807, 2.05) is 39.0 Å². The Kier molecular flexibility index (Phi) is 4.63. The SMILES string of the molecule is C=CC(=O)N1Cc2ccc(NC(=O)c3cnn(C(C)(C)C)c3Cl)cc2C1. The van der Waals surface area contributed by atoms with Crippen molar-refractivity contribution in [3.63, 3.8) is 0 Å². The number of halogens is 1. The van der Waals surface area contributed by atoms with Crippen LogP contribution in [0.1, 0.15) is 42.3 Å². The van der Waals surface area contributed by atoms with Gasteiger partial charge in [-0.1, -0.05) is 24.2 Å². The van der Waals surface area contributed by atoms with Crippen molar-refractivity contribution in [3.8, 4) is 0 Å². The third kappa shape index (κ3) is 3.37. The average molecular weight is 373 g/mol. The summed E-state index contributed by atoms with van der Waals surface area (Å²) in [6.45, 7) is 10.5. The number of anilines is 1. The Hall–Kier alpha value is -2.60. The molecule has 0 aliphatic carbocycles. The molecule has 1 aliphatic rings. The van der Waals surface area contributed by atoms with Gasteiger partial charge in [-0.25, -0.2) is 4.68 Å². The van der Waals surface area contributed by atoms with E-state index in [4.69, 9.17) is 11.6 Å². The van der Waals surface area contributed by atoms with Crippen LogP contribution in [0.5, 0.6) is 0 Å². The van der Waals surface area contributed by atoms with Crippen LogP contribution in [-0.2, 0) is 23.4 Å². The lowest BCUT2D eigenvalue weighted by Gasteiger charge is -2.20. The molecule has 0 bridgehead atoms. The lowest BCUT2D eigenvalue weighted by atomic mass is 10.1. The van der Waals surface area contributed by atoms with Crippen molar-refractivity contribution >= 4 is 29.1 Å². The lowest BCUT2D eigenvalue weighted by Crippen LogP contribution is -2.23. The largest absolute Gasteiger partial charge is 0.331 e. The van der Waals surface area contributed by atoms with Gasteiger partial charge < -0.3 is 10.2 Å². The molecule has 7 heteroatoms. The van der Waals surface area contributed by atoms with Gasteiger partial charge in [-0.3, -0.25) is 9.59 Å². The Labute approximate surface area is 157 Å². The molecule has 2 heterocycles. The molecule has 0 spiro atoms. The van der Waals surface area contributed by atoms with Crippen molar-refractivity contribution in [1.29, 1.82) is 0 Å². The highest BCUT2D eigenvalue weighted by molar-refractivity contribution is 6.33. The first kappa shape index (κ1) is 18.2. The fraction of sp³-hybridized carbons (Fsp3) is 0.316. The van der Waals surface area contributed by atoms with Crippen molar-refractivity contribution in [1.82, 2.24) is 14.7 Å². The molecular formula is C19H21ClN4O2. The summed E-state index contributed by atoms with van der Waals surface area (Å²) < 4.78 is 1.62. The highest BCUT2D eigenvalue weighted by atomic mass is 35.5. The number of hydrogen-bond acceptors (Lipinski definition) is 3. The predicted octanol–water partition coefficient (Wildman–Crippen LogP) is 3.57. The summed E-state index contributed by atoms with van der Waals surface area (Å²) in [6.07, 6.45) is 2.78. The summed E-state index contributed by atoms with van der Waals surface area (Å²) in [5, 5.41) is 7.37. The highest BCUT2D eigenvalue weighted by Gasteiger charge is 2.24. The van der Waals surface area contributed by atoms with E-state index >= 15 is 0 Å². The normalized spacial score (nSPS) is 13.5. The van der Waals surface area contributed by atoms with Crippen LogP contribution in [0.15, 0.2) is 37.1 Å². The molecule has 0 radical (unpaired) electrons. The fourth-order valence-corrected chi connectivity index (χ4v) is 3.34. The summed E-state index contributed by atoms with van der Waals surface area (Å²) >= 11 is 6.32. The molecule has 3 rings (SSSR count). The van der Waals surface area contributed by atoms with E-state index in [1.165, 1.54) is 12.3 Å². The third-order valence-corrected chi connectivity index (χ3v) is 4.63. The fourth-order valence-electron chi connectivity index (χ4n) is 2.91. The zero-order chi connectivity index (χ0) is 19.1. The maximum Gasteiger partial charge on any atom is 0.260 e. The number of nitrogens with zero attached hydrogens (tertiary/aromatic N) is 3. The number of amides is 2. The number of aromatic nitrogens is 2. The van der Waals surface area contributed by atoms with Crippen molar-refractivity contribution in [2.75, 3.05) is 5.32 Å². The Bertz CT molecular complexity index is 895. The number of fused-ring (bicyclic) bond motifs is 1. The van der Waals surface area contributed by atoms with Crippen LogP contribution < -0.4 is 5.32 Å². The summed E-state index contributed by atoms with van der Waals surface area (Å²) in [5.74, 6) is -0.421. The average Bonchev–Trinajstić information content (AvgIpc) is 3.16. The van der Waals surface area contributed by atoms with E-state index in [2.05, 4.69) is 17.0 Å². The summed E-state index contributed by atoms with van der Waals surface area (Å²) in [4.78, 5) is 26.0. The first-order valence-corrected chi connectivity index (χ1v) is 8.67. The van der Waals surface area contributed by atoms with Gasteiger partial charge in [-0.15, -0.1) is 0 Å². The van der Waals surface area contributed by atoms with Gasteiger partial charge in [0.15, 0.2) is 0 Å². The van der Waals surface area contributed by atoms with Crippen molar-refractivity contribution in [2.45, 2.75) is 39.4 Å². The summed E-state index contributed by atoms with van der Waals surface area (Å²) in [5.41, 5.74) is 2.74. The van der Waals surface area contributed by atoms with Gasteiger partial charge >= 0.3 is 0 Å². The monoisotopic (exact) mass is 372 g/mol. The highest BCUT2D eigenvalue weighted by Crippen LogP contribution is 2.27. The minimum absolute atomic E-state index is 0.104. The topological polar surface area (TPSA) is 67.2 Å². The number of benzene rings is 1. The summed E-state index contributed by atoms with van der Waals surface area (Å²) in [7, 11) is 0. The van der Waals surface area contributed by atoms with Crippen molar-refractivity contribution in [2.24, 2.45) is 0 Å². The molecule has 0 unspecified atom stereocenters. The third-order valence-electron chi connectivity index (χ3n) is 4.26. The molecule has 1 aromatic heterocycles. The second kappa shape index (κ2) is 6.61. The van der Waals surface area contributed by atoms with Crippen LogP contribution in [0.3, 0.4) is 0 Å². The minimum Gasteiger partial charge on any atom is -0.331 e. The molecule has 0 fully saturated rings. The Morgan fingerprint density at radius 3 is 2.58 bits per heavy atom. The number of rotatable bonds is 3. The van der Waals surface area contributed by atoms with E-state index in [0.29, 0.717) is 29.5 Å². The Morgan fingerprint density at radius 1 is 1.27 bits per heavy atom. The number of nitrogens with one attached hydrogen (secondary N) is 1. The second-order valence-electron chi connectivity index (χ2n) is 7.27. The Balaban J connectivity index is 1.77. The summed E-state index contributed by atoms with van der Waals surface area (Å²) in [6, 6.07) is 5.62. The van der Waals surface area contributed by atoms with Gasteiger partial charge in [0.25, 0.3) is 5.91 Å². The molecule has 1 aliphatic heterocycles. The molecule has 6 nitrogen and oxygen atoms in total. The molecule has 26 heavy (non-hydrogen) atoms. The van der Waals surface area contributed by atoms with Gasteiger partial charge in [-0.05, 0) is 50.1 Å². The standard InChI is InChI=1S/C19H21ClN4O2/c1-5-16(25)23-10-12-6-7-14(8-13(12)11-23)22-18(26)15-9-21-24(17(15)20)19(2,3)4/h5-9H,1,10-11H2,2-4H3,(H,22,26). The maximum atomic E-state index is 12.6. The molecule has 0 saturated carbocycles. The molecule has 0 saturated heterocycles. The van der Waals surface area contributed by atoms with Gasteiger partial charge in [0.05, 0.1) is 17.3 Å². The first-order chi connectivity index (χ1) is 12.2. The second-order valence-corrected chi connectivity index (χ2v) is 7.63. The predicted molar refractivity (Wildman–Crippen MR) is 101 cm³/mol. The van der Waals surface area contributed by atoms with Crippen LogP contribution in [0.2, 0.25) is 5.15 Å². The molecule has 0 atom stereocenters. The molecule has 1 aromatic carbocycles. The van der Waals surface area contributed by atoms with Crippen LogP contribution >= 0.6 is 11.6 Å². The zero-order valence-electron chi connectivity index (χ0n) is 15.0. The molecule has 2 aromatic rings. The quantitative estimate of drug-likeness (QED) is 0.837. The van der Waals surface area contributed by atoms with Crippen LogP contribution in [0.25, 0.3) is 0 Å². The smallest absolute Gasteiger partial charge is 0.260 e. The van der Waals surface area contributed by atoms with Crippen molar-refractivity contribution < 1.29 is 9.59 Å². The molecule has 1 N–H and O–H groups in total. The van der Waals surface area contributed by atoms with Crippen LogP contribution in [0, 0.1) is 0 Å². The maximum absolute atomic E-state index is 12.6. The van der Waals surface area contributed by atoms with Crippen molar-refractivity contribution in [3.05, 3.63) is 58.9 Å². The van der Waals surface area contributed by atoms with Gasteiger partial charge in [0, 0.05) is 18.8 Å². The Morgan fingerprint density at radius 2 is 1.96 bits per heavy atom. The molecule has 136 valence electrons. The molecular weight excluding hydrogens is 352 g/mol. The number of carbonyl (C=O) groups is 2. The van der Waals surface area contributed by atoms with E-state index in [1.54, 1.807) is 9.58 Å². The van der Waals surface area contributed by atoms with E-state index < -0.39 is 0 Å². The molecule has 2 amide bonds. The zero-order valence-corrected chi connectivity index (χ0v) is 15.8. The van der Waals surface area contributed by atoms with Gasteiger partial charge in [0.2, 0.25) is 5.91 Å². The van der Waals surface area contributed by atoms with Crippen LogP contribution in [0.4, 0.5) is 5.69 Å².